The first kappa shape index (κ1) is 24.7. The van der Waals surface area contributed by atoms with Crippen LogP contribution in [0.3, 0.4) is 0 Å². The summed E-state index contributed by atoms with van der Waals surface area (Å²) in [6.45, 7) is 5.19. The number of hydrogen-bond acceptors (Lipinski definition) is 3. The summed E-state index contributed by atoms with van der Waals surface area (Å²) >= 11 is 0. The summed E-state index contributed by atoms with van der Waals surface area (Å²) in [7, 11) is 1.71. The maximum Gasteiger partial charge on any atom is 0.191 e. The van der Waals surface area contributed by atoms with Crippen molar-refractivity contribution in [3.8, 4) is 5.75 Å². The molecule has 1 aromatic heterocycles. The van der Waals surface area contributed by atoms with Crippen molar-refractivity contribution in [2.24, 2.45) is 4.99 Å². The minimum absolute atomic E-state index is 0. The molecule has 2 N–H and O–H groups in total. The van der Waals surface area contributed by atoms with Crippen molar-refractivity contribution < 1.29 is 4.74 Å². The molecule has 0 saturated heterocycles. The standard InChI is InChI=1S/C24H31N5O.HI/c1-3-25-24(27-15-13-21-11-7-8-12-22(21)30-2)28-16-14-23-26-17-18-29(23)19-20-9-5-4-6-10-20;/h4-12,17-18H,3,13-16,19H2,1-2H3,(H2,25,27,28);1H. The van der Waals surface area contributed by atoms with Gasteiger partial charge in [-0.05, 0) is 30.5 Å². The third-order valence-corrected chi connectivity index (χ3v) is 4.83. The van der Waals surface area contributed by atoms with Gasteiger partial charge in [-0.25, -0.2) is 4.98 Å². The van der Waals surface area contributed by atoms with Gasteiger partial charge in [-0.2, -0.15) is 0 Å². The monoisotopic (exact) mass is 533 g/mol. The lowest BCUT2D eigenvalue weighted by Gasteiger charge is -2.13. The van der Waals surface area contributed by atoms with Gasteiger partial charge < -0.3 is 19.9 Å². The minimum atomic E-state index is 0. The van der Waals surface area contributed by atoms with Crippen LogP contribution in [0.2, 0.25) is 0 Å². The average Bonchev–Trinajstić information content (AvgIpc) is 3.21. The van der Waals surface area contributed by atoms with Crippen LogP contribution in [0.15, 0.2) is 72.0 Å². The van der Waals surface area contributed by atoms with Crippen molar-refractivity contribution in [2.75, 3.05) is 26.7 Å². The summed E-state index contributed by atoms with van der Waals surface area (Å²) in [4.78, 5) is 9.24. The zero-order valence-corrected chi connectivity index (χ0v) is 20.6. The number of nitrogens with one attached hydrogen (secondary N) is 2. The number of halogens is 1. The van der Waals surface area contributed by atoms with E-state index in [9.17, 15) is 0 Å². The molecule has 0 aliphatic carbocycles. The summed E-state index contributed by atoms with van der Waals surface area (Å²) in [6, 6.07) is 18.6. The molecule has 3 rings (SSSR count). The lowest BCUT2D eigenvalue weighted by molar-refractivity contribution is 0.409. The molecule has 0 fully saturated rings. The van der Waals surface area contributed by atoms with E-state index >= 15 is 0 Å². The van der Waals surface area contributed by atoms with Crippen molar-refractivity contribution in [2.45, 2.75) is 26.3 Å². The molecule has 0 aliphatic rings. The van der Waals surface area contributed by atoms with E-state index in [-0.39, 0.29) is 24.0 Å². The van der Waals surface area contributed by atoms with Crippen LogP contribution in [-0.2, 0) is 19.4 Å². The van der Waals surface area contributed by atoms with Gasteiger partial charge in [-0.1, -0.05) is 48.5 Å². The van der Waals surface area contributed by atoms with Crippen LogP contribution in [-0.4, -0.2) is 42.3 Å². The van der Waals surface area contributed by atoms with Gasteiger partial charge in [0.2, 0.25) is 0 Å². The van der Waals surface area contributed by atoms with Crippen LogP contribution >= 0.6 is 24.0 Å². The number of benzene rings is 2. The molecular formula is C24H32IN5O. The van der Waals surface area contributed by atoms with E-state index in [4.69, 9.17) is 9.73 Å². The maximum absolute atomic E-state index is 5.43. The molecule has 6 nitrogen and oxygen atoms in total. The average molecular weight is 533 g/mol. The highest BCUT2D eigenvalue weighted by atomic mass is 127. The molecule has 3 aromatic rings. The van der Waals surface area contributed by atoms with Crippen molar-refractivity contribution in [3.63, 3.8) is 0 Å². The van der Waals surface area contributed by atoms with Gasteiger partial charge in [0.05, 0.1) is 7.11 Å². The Balaban J connectivity index is 0.00000341. The Morgan fingerprint density at radius 2 is 1.81 bits per heavy atom. The minimum Gasteiger partial charge on any atom is -0.496 e. The zero-order chi connectivity index (χ0) is 21.0. The van der Waals surface area contributed by atoms with Crippen molar-refractivity contribution >= 4 is 29.9 Å². The Hall–Kier alpha value is -2.55. The van der Waals surface area contributed by atoms with Gasteiger partial charge in [-0.3, -0.25) is 4.99 Å². The summed E-state index contributed by atoms with van der Waals surface area (Å²) < 4.78 is 7.61. The fourth-order valence-corrected chi connectivity index (χ4v) is 3.33. The second-order valence-electron chi connectivity index (χ2n) is 6.96. The van der Waals surface area contributed by atoms with Crippen molar-refractivity contribution in [1.82, 2.24) is 20.2 Å². The van der Waals surface area contributed by atoms with Gasteiger partial charge in [0.1, 0.15) is 11.6 Å². The number of para-hydroxylation sites is 1. The Morgan fingerprint density at radius 3 is 2.58 bits per heavy atom. The van der Waals surface area contributed by atoms with E-state index in [1.165, 1.54) is 11.1 Å². The molecule has 0 saturated carbocycles. The van der Waals surface area contributed by atoms with Crippen LogP contribution in [0.25, 0.3) is 0 Å². The Kier molecular flexibility index (Phi) is 10.9. The van der Waals surface area contributed by atoms with Crippen LogP contribution < -0.4 is 15.4 Å². The molecule has 0 spiro atoms. The fraction of sp³-hybridized carbons (Fsp3) is 0.333. The van der Waals surface area contributed by atoms with Gasteiger partial charge in [-0.15, -0.1) is 24.0 Å². The maximum atomic E-state index is 5.43. The summed E-state index contributed by atoms with van der Waals surface area (Å²) in [5.41, 5.74) is 2.46. The first-order valence-electron chi connectivity index (χ1n) is 10.5. The molecule has 2 aromatic carbocycles. The number of hydrogen-bond donors (Lipinski definition) is 2. The number of aromatic nitrogens is 2. The highest BCUT2D eigenvalue weighted by Gasteiger charge is 2.05. The largest absolute Gasteiger partial charge is 0.496 e. The Labute approximate surface area is 202 Å². The van der Waals surface area contributed by atoms with E-state index in [1.54, 1.807) is 7.11 Å². The van der Waals surface area contributed by atoms with Gasteiger partial charge in [0.25, 0.3) is 0 Å². The molecule has 31 heavy (non-hydrogen) atoms. The van der Waals surface area contributed by atoms with Gasteiger partial charge in [0.15, 0.2) is 5.96 Å². The number of imidazole rings is 1. The smallest absolute Gasteiger partial charge is 0.191 e. The lowest BCUT2D eigenvalue weighted by Crippen LogP contribution is -2.38. The van der Waals surface area contributed by atoms with Crippen LogP contribution in [0.1, 0.15) is 23.9 Å². The second-order valence-corrected chi connectivity index (χ2v) is 6.96. The van der Waals surface area contributed by atoms with Gasteiger partial charge >= 0.3 is 0 Å². The number of nitrogens with zero attached hydrogens (tertiary/aromatic N) is 3. The van der Waals surface area contributed by atoms with E-state index in [2.05, 4.69) is 57.4 Å². The van der Waals surface area contributed by atoms with E-state index in [0.717, 1.165) is 50.0 Å². The molecule has 0 bridgehead atoms. The van der Waals surface area contributed by atoms with Crippen molar-refractivity contribution in [1.29, 1.82) is 0 Å². The third-order valence-electron chi connectivity index (χ3n) is 4.83. The lowest BCUT2D eigenvalue weighted by atomic mass is 10.1. The Bertz CT molecular complexity index is 926. The topological polar surface area (TPSA) is 63.5 Å². The third kappa shape index (κ3) is 7.90. The number of ether oxygens (including phenoxy) is 1. The van der Waals surface area contributed by atoms with Gasteiger partial charge in [0, 0.05) is 45.0 Å². The van der Waals surface area contributed by atoms with Crippen molar-refractivity contribution in [3.05, 3.63) is 83.9 Å². The predicted octanol–water partition coefficient (Wildman–Crippen LogP) is 3.90. The number of rotatable bonds is 10. The SMILES string of the molecule is CCNC(=NCCc1nccn1Cc1ccccc1)NCCc1ccccc1OC.I. The van der Waals surface area contributed by atoms with Crippen LogP contribution in [0, 0.1) is 0 Å². The molecule has 7 heteroatoms. The summed E-state index contributed by atoms with van der Waals surface area (Å²) in [6.07, 6.45) is 5.56. The molecular weight excluding hydrogens is 501 g/mol. The highest BCUT2D eigenvalue weighted by molar-refractivity contribution is 14.0. The fourth-order valence-electron chi connectivity index (χ4n) is 3.33. The number of methoxy groups -OCH3 is 1. The Morgan fingerprint density at radius 1 is 1.03 bits per heavy atom. The predicted molar refractivity (Wildman–Crippen MR) is 138 cm³/mol. The van der Waals surface area contributed by atoms with E-state index in [0.29, 0.717) is 6.54 Å². The molecule has 166 valence electrons. The first-order valence-corrected chi connectivity index (χ1v) is 10.5. The van der Waals surface area contributed by atoms with Crippen LogP contribution in [0.4, 0.5) is 0 Å². The molecule has 0 atom stereocenters. The highest BCUT2D eigenvalue weighted by Crippen LogP contribution is 2.17. The summed E-state index contributed by atoms with van der Waals surface area (Å²) in [5.74, 6) is 2.80. The zero-order valence-electron chi connectivity index (χ0n) is 18.3. The molecule has 0 radical (unpaired) electrons. The molecule has 0 aliphatic heterocycles. The molecule has 1 heterocycles. The molecule has 0 unspecified atom stereocenters. The van der Waals surface area contributed by atoms with E-state index in [1.807, 2.05) is 36.7 Å². The summed E-state index contributed by atoms with van der Waals surface area (Å²) in [5, 5.41) is 6.72. The number of guanidine groups is 1. The van der Waals surface area contributed by atoms with E-state index < -0.39 is 0 Å². The second kappa shape index (κ2) is 13.7. The van der Waals surface area contributed by atoms with Crippen LogP contribution in [0.5, 0.6) is 5.75 Å². The first-order chi connectivity index (χ1) is 14.8. The number of aliphatic imine (C=N–C) groups is 1. The quantitative estimate of drug-likeness (QED) is 0.236. The molecule has 0 amide bonds. The normalized spacial score (nSPS) is 11.0.